The first kappa shape index (κ1) is 21.7. The molecule has 0 saturated carbocycles. The van der Waals surface area contributed by atoms with E-state index >= 15 is 0 Å². The number of benzene rings is 2. The third kappa shape index (κ3) is 4.56. The lowest BCUT2D eigenvalue weighted by atomic mass is 9.87. The molecule has 0 saturated heterocycles. The molecule has 32 heavy (non-hydrogen) atoms. The van der Waals surface area contributed by atoms with E-state index in [1.807, 2.05) is 18.2 Å². The van der Waals surface area contributed by atoms with Gasteiger partial charge in [-0.25, -0.2) is 13.6 Å². The number of carbonyl (C=O) groups is 1. The van der Waals surface area contributed by atoms with Crippen molar-refractivity contribution in [3.8, 4) is 5.75 Å². The molecule has 5 nitrogen and oxygen atoms in total. The highest BCUT2D eigenvalue weighted by atomic mass is 19.1. The number of nitrogens with zero attached hydrogens (tertiary/aromatic N) is 2. The minimum absolute atomic E-state index is 0.260. The maximum absolute atomic E-state index is 13.6. The number of ether oxygens (including phenoxy) is 2. The summed E-state index contributed by atoms with van der Waals surface area (Å²) in [6.07, 6.45) is 5.68. The number of hydrogen-bond acceptors (Lipinski definition) is 5. The molecule has 0 unspecified atom stereocenters. The number of rotatable bonds is 6. The molecule has 7 heteroatoms. The molecular weight excluding hydrogens is 414 g/mol. The summed E-state index contributed by atoms with van der Waals surface area (Å²) >= 11 is 0. The average Bonchev–Trinajstić information content (AvgIpc) is 2.80. The van der Waals surface area contributed by atoms with Crippen molar-refractivity contribution < 1.29 is 23.0 Å². The van der Waals surface area contributed by atoms with E-state index in [1.165, 1.54) is 19.2 Å². The van der Waals surface area contributed by atoms with Crippen LogP contribution in [0.1, 0.15) is 40.2 Å². The summed E-state index contributed by atoms with van der Waals surface area (Å²) < 4.78 is 38.0. The van der Waals surface area contributed by atoms with Crippen molar-refractivity contribution in [3.05, 3.63) is 83.2 Å². The van der Waals surface area contributed by atoms with Gasteiger partial charge in [-0.3, -0.25) is 4.98 Å². The molecule has 1 aliphatic rings. The zero-order chi connectivity index (χ0) is 22.7. The molecule has 4 rings (SSSR count). The van der Waals surface area contributed by atoms with Crippen LogP contribution in [0.3, 0.4) is 0 Å². The number of halogens is 2. The SMILES string of the molecule is COC(=O)c1ccncc1CC[C@@H]1CCOc2cc(N(C)c3cc(F)cc(F)c3)ccc21. The highest BCUT2D eigenvalue weighted by molar-refractivity contribution is 5.90. The number of esters is 1. The Balaban J connectivity index is 1.53. The summed E-state index contributed by atoms with van der Waals surface area (Å²) in [4.78, 5) is 17.9. The van der Waals surface area contributed by atoms with Crippen molar-refractivity contribution in [1.29, 1.82) is 0 Å². The van der Waals surface area contributed by atoms with Crippen molar-refractivity contribution in [2.24, 2.45) is 0 Å². The van der Waals surface area contributed by atoms with Gasteiger partial charge in [0.2, 0.25) is 0 Å². The van der Waals surface area contributed by atoms with Crippen LogP contribution in [0.15, 0.2) is 54.9 Å². The summed E-state index contributed by atoms with van der Waals surface area (Å²) in [6.45, 7) is 0.580. The van der Waals surface area contributed by atoms with Crippen LogP contribution in [0.4, 0.5) is 20.2 Å². The lowest BCUT2D eigenvalue weighted by Gasteiger charge is -2.28. The molecule has 0 spiro atoms. The van der Waals surface area contributed by atoms with Gasteiger partial charge in [-0.15, -0.1) is 0 Å². The quantitative estimate of drug-likeness (QED) is 0.482. The first-order valence-electron chi connectivity index (χ1n) is 10.4. The third-order valence-corrected chi connectivity index (χ3v) is 5.85. The molecule has 0 N–H and O–H groups in total. The molecule has 2 heterocycles. The molecule has 3 aromatic rings. The van der Waals surface area contributed by atoms with E-state index in [9.17, 15) is 13.6 Å². The molecule has 1 aromatic heterocycles. The first-order chi connectivity index (χ1) is 15.5. The molecule has 0 bridgehead atoms. The molecule has 0 aliphatic carbocycles. The number of aromatic nitrogens is 1. The van der Waals surface area contributed by atoms with Gasteiger partial charge < -0.3 is 14.4 Å². The highest BCUT2D eigenvalue weighted by Gasteiger charge is 2.23. The Morgan fingerprint density at radius 2 is 1.94 bits per heavy atom. The Morgan fingerprint density at radius 1 is 1.16 bits per heavy atom. The molecule has 166 valence electrons. The Kier molecular flexibility index (Phi) is 6.35. The standard InChI is InChI=1S/C25H24F2N2O3/c1-29(21-12-18(26)11-19(27)13-21)20-5-6-22-16(8-10-32-24(22)14-20)3-4-17-15-28-9-7-23(17)25(30)31-2/h5-7,9,11-16H,3-4,8,10H2,1-2H3/t16-/m1/s1. The van der Waals surface area contributed by atoms with Crippen molar-refractivity contribution >= 4 is 17.3 Å². The fraction of sp³-hybridized carbons (Fsp3) is 0.280. The fourth-order valence-corrected chi connectivity index (χ4v) is 4.11. The van der Waals surface area contributed by atoms with Crippen molar-refractivity contribution in [3.63, 3.8) is 0 Å². The van der Waals surface area contributed by atoms with Gasteiger partial charge in [-0.1, -0.05) is 6.07 Å². The van der Waals surface area contributed by atoms with Crippen molar-refractivity contribution in [1.82, 2.24) is 4.98 Å². The first-order valence-corrected chi connectivity index (χ1v) is 10.4. The van der Waals surface area contributed by atoms with Crippen molar-refractivity contribution in [2.45, 2.75) is 25.2 Å². The zero-order valence-electron chi connectivity index (χ0n) is 18.0. The van der Waals surface area contributed by atoms with E-state index in [1.54, 1.807) is 30.4 Å². The molecule has 0 fully saturated rings. The minimum atomic E-state index is -0.622. The predicted octanol–water partition coefficient (Wildman–Crippen LogP) is 5.41. The van der Waals surface area contributed by atoms with Crippen LogP contribution in [-0.4, -0.2) is 31.7 Å². The van der Waals surface area contributed by atoms with E-state index in [-0.39, 0.29) is 11.9 Å². The second-order valence-corrected chi connectivity index (χ2v) is 7.81. The number of fused-ring (bicyclic) bond motifs is 1. The predicted molar refractivity (Wildman–Crippen MR) is 118 cm³/mol. The second-order valence-electron chi connectivity index (χ2n) is 7.81. The van der Waals surface area contributed by atoms with Crippen LogP contribution in [0.25, 0.3) is 0 Å². The summed E-state index contributed by atoms with van der Waals surface area (Å²) in [5.41, 5.74) is 3.67. The number of pyridine rings is 1. The molecule has 1 atom stereocenters. The van der Waals surface area contributed by atoms with Gasteiger partial charge in [0.25, 0.3) is 0 Å². The molecule has 0 amide bonds. The van der Waals surface area contributed by atoms with E-state index in [0.29, 0.717) is 24.3 Å². The third-order valence-electron chi connectivity index (χ3n) is 5.85. The van der Waals surface area contributed by atoms with Gasteiger partial charge in [0.1, 0.15) is 17.4 Å². The second kappa shape index (κ2) is 9.34. The van der Waals surface area contributed by atoms with Gasteiger partial charge >= 0.3 is 5.97 Å². The Bertz CT molecular complexity index is 1120. The minimum Gasteiger partial charge on any atom is -0.493 e. The normalized spacial score (nSPS) is 14.9. The number of hydrogen-bond donors (Lipinski definition) is 0. The van der Waals surface area contributed by atoms with Crippen LogP contribution in [0.5, 0.6) is 5.75 Å². The van der Waals surface area contributed by atoms with Crippen LogP contribution < -0.4 is 9.64 Å². The number of aryl methyl sites for hydroxylation is 1. The molecular formula is C25H24F2N2O3. The van der Waals surface area contributed by atoms with Crippen LogP contribution in [-0.2, 0) is 11.2 Å². The Labute approximate surface area is 185 Å². The fourth-order valence-electron chi connectivity index (χ4n) is 4.11. The zero-order valence-corrected chi connectivity index (χ0v) is 18.0. The van der Waals surface area contributed by atoms with E-state index in [4.69, 9.17) is 9.47 Å². The van der Waals surface area contributed by atoms with E-state index in [2.05, 4.69) is 4.98 Å². The topological polar surface area (TPSA) is 51.7 Å². The van der Waals surface area contributed by atoms with Crippen LogP contribution >= 0.6 is 0 Å². The van der Waals surface area contributed by atoms with Gasteiger partial charge in [-0.2, -0.15) is 0 Å². The molecule has 2 aromatic carbocycles. The smallest absolute Gasteiger partial charge is 0.338 e. The summed E-state index contributed by atoms with van der Waals surface area (Å²) in [6, 6.07) is 10.9. The van der Waals surface area contributed by atoms with Crippen molar-refractivity contribution in [2.75, 3.05) is 25.7 Å². The monoisotopic (exact) mass is 438 g/mol. The van der Waals surface area contributed by atoms with Gasteiger partial charge in [-0.05, 0) is 60.6 Å². The lowest BCUT2D eigenvalue weighted by Crippen LogP contribution is -2.17. The molecule has 0 radical (unpaired) electrons. The van der Waals surface area contributed by atoms with E-state index < -0.39 is 11.6 Å². The summed E-state index contributed by atoms with van der Waals surface area (Å²) in [5.74, 6) is -0.584. The average molecular weight is 438 g/mol. The number of anilines is 2. The van der Waals surface area contributed by atoms with Crippen LogP contribution in [0, 0.1) is 11.6 Å². The van der Waals surface area contributed by atoms with Gasteiger partial charge in [0.05, 0.1) is 19.3 Å². The lowest BCUT2D eigenvalue weighted by molar-refractivity contribution is 0.0599. The largest absolute Gasteiger partial charge is 0.493 e. The maximum atomic E-state index is 13.6. The highest BCUT2D eigenvalue weighted by Crippen LogP contribution is 2.40. The van der Waals surface area contributed by atoms with Crippen LogP contribution in [0.2, 0.25) is 0 Å². The van der Waals surface area contributed by atoms with Gasteiger partial charge in [0, 0.05) is 42.9 Å². The molecule has 1 aliphatic heterocycles. The summed E-state index contributed by atoms with van der Waals surface area (Å²) in [5, 5.41) is 0. The Hall–Kier alpha value is -3.48. The van der Waals surface area contributed by atoms with Gasteiger partial charge in [0.15, 0.2) is 0 Å². The Morgan fingerprint density at radius 3 is 2.69 bits per heavy atom. The maximum Gasteiger partial charge on any atom is 0.338 e. The van der Waals surface area contributed by atoms with E-state index in [0.717, 1.165) is 41.5 Å². The number of carbonyl (C=O) groups excluding carboxylic acids is 1. The summed E-state index contributed by atoms with van der Waals surface area (Å²) in [7, 11) is 3.13. The number of methoxy groups -OCH3 is 1.